The third-order valence-corrected chi connectivity index (χ3v) is 4.59. The van der Waals surface area contributed by atoms with E-state index in [2.05, 4.69) is 26.2 Å². The monoisotopic (exact) mass is 380 g/mol. The van der Waals surface area contributed by atoms with Crippen LogP contribution in [0.5, 0.6) is 0 Å². The van der Waals surface area contributed by atoms with Gasteiger partial charge in [-0.3, -0.25) is 4.98 Å². The molecule has 3 rings (SSSR count). The van der Waals surface area contributed by atoms with Gasteiger partial charge in [0.15, 0.2) is 0 Å². The minimum Gasteiger partial charge on any atom is -0.379 e. The highest BCUT2D eigenvalue weighted by Crippen LogP contribution is 2.27. The number of rotatable bonds is 3. The van der Waals surface area contributed by atoms with Gasteiger partial charge in [0, 0.05) is 27.6 Å². The number of nitrogens with zero attached hydrogens (tertiary/aromatic N) is 1. The van der Waals surface area contributed by atoms with E-state index in [9.17, 15) is 0 Å². The summed E-state index contributed by atoms with van der Waals surface area (Å²) < 4.78 is 0.891. The largest absolute Gasteiger partial charge is 0.379 e. The highest BCUT2D eigenvalue weighted by Gasteiger charge is 2.05. The van der Waals surface area contributed by atoms with Crippen LogP contribution in [-0.2, 0) is 6.54 Å². The summed E-state index contributed by atoms with van der Waals surface area (Å²) in [5.41, 5.74) is 2.91. The molecule has 0 spiro atoms. The summed E-state index contributed by atoms with van der Waals surface area (Å²) in [6.45, 7) is 0.652. The van der Waals surface area contributed by atoms with Crippen molar-refractivity contribution in [3.05, 3.63) is 68.7 Å². The molecule has 0 saturated carbocycles. The van der Waals surface area contributed by atoms with E-state index >= 15 is 0 Å². The van der Waals surface area contributed by atoms with Crippen LogP contribution in [0.15, 0.2) is 53.1 Å². The lowest BCUT2D eigenvalue weighted by atomic mass is 10.1. The van der Waals surface area contributed by atoms with Gasteiger partial charge in [0.05, 0.1) is 16.2 Å². The van der Waals surface area contributed by atoms with E-state index in [4.69, 9.17) is 23.2 Å². The first-order valence-corrected chi connectivity index (χ1v) is 7.90. The summed E-state index contributed by atoms with van der Waals surface area (Å²) in [5.74, 6) is 0. The molecule has 106 valence electrons. The normalized spacial score (nSPS) is 10.8. The van der Waals surface area contributed by atoms with Crippen molar-refractivity contribution in [2.75, 3.05) is 5.32 Å². The average Bonchev–Trinajstić information content (AvgIpc) is 2.48. The lowest BCUT2D eigenvalue weighted by Gasteiger charge is -2.10. The Labute approximate surface area is 141 Å². The van der Waals surface area contributed by atoms with Gasteiger partial charge < -0.3 is 5.32 Å². The van der Waals surface area contributed by atoms with Gasteiger partial charge in [-0.2, -0.15) is 0 Å². The molecular formula is C16H11BrCl2N2. The molecule has 0 bridgehead atoms. The van der Waals surface area contributed by atoms with E-state index in [0.717, 1.165) is 26.6 Å². The zero-order valence-electron chi connectivity index (χ0n) is 10.9. The second kappa shape index (κ2) is 6.22. The summed E-state index contributed by atoms with van der Waals surface area (Å²) >= 11 is 15.7. The van der Waals surface area contributed by atoms with Crippen LogP contribution < -0.4 is 5.32 Å². The maximum absolute atomic E-state index is 6.16. The van der Waals surface area contributed by atoms with Crippen LogP contribution >= 0.6 is 39.1 Å². The summed E-state index contributed by atoms with van der Waals surface area (Å²) in [7, 11) is 0. The maximum atomic E-state index is 6.16. The predicted octanol–water partition coefficient (Wildman–Crippen LogP) is 5.92. The molecule has 2 nitrogen and oxygen atoms in total. The Bertz CT molecular complexity index is 805. The molecule has 21 heavy (non-hydrogen) atoms. The zero-order valence-corrected chi connectivity index (χ0v) is 14.0. The molecule has 0 aliphatic carbocycles. The van der Waals surface area contributed by atoms with E-state index < -0.39 is 0 Å². The van der Waals surface area contributed by atoms with Crippen LogP contribution in [0, 0.1) is 0 Å². The molecule has 0 radical (unpaired) electrons. The minimum absolute atomic E-state index is 0.652. The Morgan fingerprint density at radius 2 is 1.95 bits per heavy atom. The van der Waals surface area contributed by atoms with Crippen molar-refractivity contribution in [3.8, 4) is 0 Å². The SMILES string of the molecule is Clc1cc(NCc2ccc(Br)c(Cl)c2)c2ncccc2c1. The number of hydrogen-bond acceptors (Lipinski definition) is 2. The fraction of sp³-hybridized carbons (Fsp3) is 0.0625. The van der Waals surface area contributed by atoms with Crippen molar-refractivity contribution < 1.29 is 0 Å². The Hall–Kier alpha value is -1.29. The molecule has 5 heteroatoms. The second-order valence-corrected chi connectivity index (χ2v) is 6.33. The Morgan fingerprint density at radius 3 is 2.76 bits per heavy atom. The standard InChI is InChI=1S/C16H11BrCl2N2/c17-13-4-3-10(6-14(13)19)9-21-15-8-12(18)7-11-2-1-5-20-16(11)15/h1-8,21H,9H2. The predicted molar refractivity (Wildman–Crippen MR) is 93.2 cm³/mol. The van der Waals surface area contributed by atoms with Gasteiger partial charge in [0.2, 0.25) is 0 Å². The molecule has 1 N–H and O–H groups in total. The number of fused-ring (bicyclic) bond motifs is 1. The quantitative estimate of drug-likeness (QED) is 0.609. The topological polar surface area (TPSA) is 24.9 Å². The fourth-order valence-electron chi connectivity index (χ4n) is 2.14. The van der Waals surface area contributed by atoms with Gasteiger partial charge in [0.1, 0.15) is 0 Å². The van der Waals surface area contributed by atoms with Crippen LogP contribution in [0.2, 0.25) is 10.0 Å². The second-order valence-electron chi connectivity index (χ2n) is 4.63. The number of anilines is 1. The van der Waals surface area contributed by atoms with Gasteiger partial charge in [-0.1, -0.05) is 35.3 Å². The summed E-state index contributed by atoms with van der Waals surface area (Å²) in [5, 5.41) is 5.77. The van der Waals surface area contributed by atoms with E-state index in [1.807, 2.05) is 42.5 Å². The molecule has 0 amide bonds. The first-order valence-electron chi connectivity index (χ1n) is 6.35. The van der Waals surface area contributed by atoms with Crippen LogP contribution in [0.3, 0.4) is 0 Å². The number of halogens is 3. The lowest BCUT2D eigenvalue weighted by molar-refractivity contribution is 1.15. The van der Waals surface area contributed by atoms with Crippen LogP contribution in [-0.4, -0.2) is 4.98 Å². The van der Waals surface area contributed by atoms with Crippen molar-refractivity contribution in [2.45, 2.75) is 6.54 Å². The molecule has 0 aliphatic heterocycles. The van der Waals surface area contributed by atoms with E-state index in [0.29, 0.717) is 16.6 Å². The van der Waals surface area contributed by atoms with E-state index in [-0.39, 0.29) is 0 Å². The molecule has 0 unspecified atom stereocenters. The third-order valence-electron chi connectivity index (χ3n) is 3.14. The summed E-state index contributed by atoms with van der Waals surface area (Å²) in [6.07, 6.45) is 1.78. The molecule has 0 atom stereocenters. The first-order chi connectivity index (χ1) is 10.1. The fourth-order valence-corrected chi connectivity index (χ4v) is 2.81. The van der Waals surface area contributed by atoms with Crippen LogP contribution in [0.1, 0.15) is 5.56 Å². The van der Waals surface area contributed by atoms with Gasteiger partial charge >= 0.3 is 0 Å². The van der Waals surface area contributed by atoms with Crippen molar-refractivity contribution >= 4 is 55.7 Å². The maximum Gasteiger partial charge on any atom is 0.0934 e. The van der Waals surface area contributed by atoms with Gasteiger partial charge in [-0.05, 0) is 51.8 Å². The van der Waals surface area contributed by atoms with Crippen LogP contribution in [0.4, 0.5) is 5.69 Å². The molecule has 0 fully saturated rings. The van der Waals surface area contributed by atoms with Crippen molar-refractivity contribution in [2.24, 2.45) is 0 Å². The molecule has 1 aromatic heterocycles. The van der Waals surface area contributed by atoms with Gasteiger partial charge in [-0.25, -0.2) is 0 Å². The minimum atomic E-state index is 0.652. The zero-order chi connectivity index (χ0) is 14.8. The molecule has 2 aromatic carbocycles. The van der Waals surface area contributed by atoms with Crippen LogP contribution in [0.25, 0.3) is 10.9 Å². The van der Waals surface area contributed by atoms with Crippen molar-refractivity contribution in [1.29, 1.82) is 0 Å². The number of aromatic nitrogens is 1. The molecule has 1 heterocycles. The Morgan fingerprint density at radius 1 is 1.10 bits per heavy atom. The van der Waals surface area contributed by atoms with Gasteiger partial charge in [0.25, 0.3) is 0 Å². The van der Waals surface area contributed by atoms with Crippen molar-refractivity contribution in [3.63, 3.8) is 0 Å². The van der Waals surface area contributed by atoms with E-state index in [1.165, 1.54) is 0 Å². The third kappa shape index (κ3) is 3.31. The molecule has 3 aromatic rings. The average molecular weight is 382 g/mol. The van der Waals surface area contributed by atoms with E-state index in [1.54, 1.807) is 6.20 Å². The lowest BCUT2D eigenvalue weighted by Crippen LogP contribution is -2.00. The summed E-state index contributed by atoms with van der Waals surface area (Å²) in [4.78, 5) is 4.41. The highest BCUT2D eigenvalue weighted by molar-refractivity contribution is 9.10. The van der Waals surface area contributed by atoms with Gasteiger partial charge in [-0.15, -0.1) is 0 Å². The molecule has 0 saturated heterocycles. The number of nitrogens with one attached hydrogen (secondary N) is 1. The van der Waals surface area contributed by atoms with Crippen molar-refractivity contribution in [1.82, 2.24) is 4.98 Å². The Kier molecular flexibility index (Phi) is 4.34. The molecule has 0 aliphatic rings. The number of benzene rings is 2. The summed E-state index contributed by atoms with van der Waals surface area (Å²) in [6, 6.07) is 13.6. The number of hydrogen-bond donors (Lipinski definition) is 1. The highest BCUT2D eigenvalue weighted by atomic mass is 79.9. The first kappa shape index (κ1) is 14.6. The smallest absolute Gasteiger partial charge is 0.0934 e. The number of pyridine rings is 1. The Balaban J connectivity index is 1.89. The molecular weight excluding hydrogens is 371 g/mol.